The Labute approximate surface area is 105 Å². The van der Waals surface area contributed by atoms with Crippen LogP contribution >= 0.6 is 0 Å². The minimum atomic E-state index is -0.706. The molecule has 2 atom stereocenters. The number of nitrogens with one attached hydrogen (secondary N) is 1. The number of rotatable bonds is 4. The molecule has 0 bridgehead atoms. The van der Waals surface area contributed by atoms with E-state index in [9.17, 15) is 14.3 Å². The fourth-order valence-corrected chi connectivity index (χ4v) is 1.89. The van der Waals surface area contributed by atoms with Crippen molar-refractivity contribution in [2.24, 2.45) is 0 Å². The monoisotopic (exact) mass is 253 g/mol. The zero-order chi connectivity index (χ0) is 13.1. The molecule has 1 amide bonds. The normalized spacial score (nSPS) is 20.6. The Kier molecular flexibility index (Phi) is 3.81. The van der Waals surface area contributed by atoms with E-state index in [-0.39, 0.29) is 24.3 Å². The largest absolute Gasteiger partial charge is 0.488 e. The highest BCUT2D eigenvalue weighted by Crippen LogP contribution is 2.22. The van der Waals surface area contributed by atoms with Crippen LogP contribution in [0.4, 0.5) is 4.39 Å². The van der Waals surface area contributed by atoms with Gasteiger partial charge in [-0.05, 0) is 31.0 Å². The van der Waals surface area contributed by atoms with Crippen molar-refractivity contribution >= 4 is 5.91 Å². The number of halogens is 1. The van der Waals surface area contributed by atoms with Gasteiger partial charge in [-0.25, -0.2) is 4.39 Å². The van der Waals surface area contributed by atoms with E-state index in [0.717, 1.165) is 0 Å². The lowest BCUT2D eigenvalue weighted by Gasteiger charge is -2.13. The number of carbonyl (C=O) groups excluding carboxylic acids is 1. The van der Waals surface area contributed by atoms with Gasteiger partial charge in [-0.15, -0.1) is 0 Å². The lowest BCUT2D eigenvalue weighted by molar-refractivity contribution is -0.119. The third kappa shape index (κ3) is 2.98. The molecule has 98 valence electrons. The Morgan fingerprint density at radius 2 is 2.39 bits per heavy atom. The molecular formula is C13H16FNO3. The summed E-state index contributed by atoms with van der Waals surface area (Å²) in [4.78, 5) is 11.0. The molecule has 1 aliphatic rings. The van der Waals surface area contributed by atoms with Crippen LogP contribution in [0.25, 0.3) is 0 Å². The Morgan fingerprint density at radius 3 is 2.94 bits per heavy atom. The van der Waals surface area contributed by atoms with Crippen molar-refractivity contribution in [1.82, 2.24) is 5.32 Å². The molecule has 1 unspecified atom stereocenters. The molecule has 5 heteroatoms. The SMILES string of the molecule is C[C@H](O)c1ccc(OCC2CCC(=O)N2)c(F)c1. The van der Waals surface area contributed by atoms with Gasteiger partial charge in [-0.1, -0.05) is 6.07 Å². The van der Waals surface area contributed by atoms with Gasteiger partial charge in [0.15, 0.2) is 11.6 Å². The number of carbonyl (C=O) groups is 1. The summed E-state index contributed by atoms with van der Waals surface area (Å²) in [6, 6.07) is 4.32. The second kappa shape index (κ2) is 5.35. The Balaban J connectivity index is 1.95. The van der Waals surface area contributed by atoms with Gasteiger partial charge >= 0.3 is 0 Å². The third-order valence-corrected chi connectivity index (χ3v) is 2.96. The van der Waals surface area contributed by atoms with Crippen molar-refractivity contribution in [2.75, 3.05) is 6.61 Å². The molecule has 2 N–H and O–H groups in total. The fourth-order valence-electron chi connectivity index (χ4n) is 1.89. The lowest BCUT2D eigenvalue weighted by Crippen LogP contribution is -2.31. The number of ether oxygens (including phenoxy) is 1. The molecule has 2 rings (SSSR count). The van der Waals surface area contributed by atoms with Crippen molar-refractivity contribution in [2.45, 2.75) is 31.9 Å². The predicted octanol–water partition coefficient (Wildman–Crippen LogP) is 1.54. The first-order valence-electron chi connectivity index (χ1n) is 5.96. The first-order valence-corrected chi connectivity index (χ1v) is 5.96. The van der Waals surface area contributed by atoms with E-state index >= 15 is 0 Å². The van der Waals surface area contributed by atoms with Crippen LogP contribution in [-0.2, 0) is 4.79 Å². The molecule has 0 spiro atoms. The fraction of sp³-hybridized carbons (Fsp3) is 0.462. The van der Waals surface area contributed by atoms with Gasteiger partial charge < -0.3 is 15.2 Å². The molecule has 1 aliphatic heterocycles. The summed E-state index contributed by atoms with van der Waals surface area (Å²) in [6.45, 7) is 1.83. The van der Waals surface area contributed by atoms with Gasteiger partial charge in [-0.3, -0.25) is 4.79 Å². The summed E-state index contributed by atoms with van der Waals surface area (Å²) in [7, 11) is 0. The van der Waals surface area contributed by atoms with E-state index in [0.29, 0.717) is 18.4 Å². The van der Waals surface area contributed by atoms with E-state index in [4.69, 9.17) is 4.74 Å². The molecule has 0 radical (unpaired) electrons. The molecule has 0 aromatic heterocycles. The third-order valence-electron chi connectivity index (χ3n) is 2.96. The van der Waals surface area contributed by atoms with Crippen LogP contribution in [0.1, 0.15) is 31.4 Å². The maximum absolute atomic E-state index is 13.6. The van der Waals surface area contributed by atoms with Crippen LogP contribution in [0.5, 0.6) is 5.75 Å². The minimum absolute atomic E-state index is 0.00789. The molecule has 18 heavy (non-hydrogen) atoms. The van der Waals surface area contributed by atoms with E-state index in [2.05, 4.69) is 5.32 Å². The van der Waals surface area contributed by atoms with Crippen molar-refractivity contribution < 1.29 is 19.0 Å². The van der Waals surface area contributed by atoms with E-state index in [1.807, 2.05) is 0 Å². The zero-order valence-electron chi connectivity index (χ0n) is 10.1. The van der Waals surface area contributed by atoms with Crippen LogP contribution in [-0.4, -0.2) is 23.7 Å². The summed E-state index contributed by atoms with van der Waals surface area (Å²) >= 11 is 0. The Morgan fingerprint density at radius 1 is 1.61 bits per heavy atom. The van der Waals surface area contributed by atoms with Crippen LogP contribution in [0, 0.1) is 5.82 Å². The van der Waals surface area contributed by atoms with Crippen LogP contribution in [0.15, 0.2) is 18.2 Å². The highest BCUT2D eigenvalue weighted by atomic mass is 19.1. The minimum Gasteiger partial charge on any atom is -0.488 e. The molecule has 1 heterocycles. The van der Waals surface area contributed by atoms with Crippen LogP contribution in [0.3, 0.4) is 0 Å². The quantitative estimate of drug-likeness (QED) is 0.855. The first kappa shape index (κ1) is 12.8. The average molecular weight is 253 g/mol. The Bertz CT molecular complexity index is 448. The summed E-state index contributed by atoms with van der Waals surface area (Å²) in [5.41, 5.74) is 0.508. The van der Waals surface area contributed by atoms with Gasteiger partial charge in [0.2, 0.25) is 5.91 Å². The number of hydrogen-bond acceptors (Lipinski definition) is 3. The van der Waals surface area contributed by atoms with Gasteiger partial charge in [0, 0.05) is 6.42 Å². The molecule has 1 fully saturated rings. The smallest absolute Gasteiger partial charge is 0.220 e. The average Bonchev–Trinajstić information content (AvgIpc) is 2.73. The maximum atomic E-state index is 13.6. The van der Waals surface area contributed by atoms with E-state index in [1.54, 1.807) is 13.0 Å². The van der Waals surface area contributed by atoms with Crippen molar-refractivity contribution in [3.63, 3.8) is 0 Å². The molecule has 1 saturated heterocycles. The van der Waals surface area contributed by atoms with Gasteiger partial charge in [0.25, 0.3) is 0 Å². The zero-order valence-corrected chi connectivity index (χ0v) is 10.1. The summed E-state index contributed by atoms with van der Waals surface area (Å²) in [5, 5.41) is 12.1. The maximum Gasteiger partial charge on any atom is 0.220 e. The summed E-state index contributed by atoms with van der Waals surface area (Å²) < 4.78 is 19.0. The molecule has 1 aromatic carbocycles. The molecule has 4 nitrogen and oxygen atoms in total. The predicted molar refractivity (Wildman–Crippen MR) is 63.7 cm³/mol. The summed E-state index contributed by atoms with van der Waals surface area (Å²) in [6.07, 6.45) is 0.506. The number of aliphatic hydroxyl groups is 1. The number of aliphatic hydroxyl groups excluding tert-OH is 1. The van der Waals surface area contributed by atoms with Gasteiger partial charge in [-0.2, -0.15) is 0 Å². The van der Waals surface area contributed by atoms with E-state index < -0.39 is 11.9 Å². The second-order valence-corrected chi connectivity index (χ2v) is 4.48. The number of hydrogen-bond donors (Lipinski definition) is 2. The highest BCUT2D eigenvalue weighted by molar-refractivity contribution is 5.78. The molecule has 0 aliphatic carbocycles. The van der Waals surface area contributed by atoms with Gasteiger partial charge in [0.05, 0.1) is 12.1 Å². The molecule has 0 saturated carbocycles. The number of benzene rings is 1. The number of amides is 1. The van der Waals surface area contributed by atoms with Crippen molar-refractivity contribution in [3.05, 3.63) is 29.6 Å². The topological polar surface area (TPSA) is 58.6 Å². The highest BCUT2D eigenvalue weighted by Gasteiger charge is 2.21. The van der Waals surface area contributed by atoms with E-state index in [1.165, 1.54) is 12.1 Å². The van der Waals surface area contributed by atoms with Crippen LogP contribution < -0.4 is 10.1 Å². The first-order chi connectivity index (χ1) is 8.56. The molecule has 1 aromatic rings. The Hall–Kier alpha value is -1.62. The van der Waals surface area contributed by atoms with Crippen LogP contribution in [0.2, 0.25) is 0 Å². The van der Waals surface area contributed by atoms with Gasteiger partial charge in [0.1, 0.15) is 6.61 Å². The standard InChI is InChI=1S/C13H16FNO3/c1-8(16)9-2-4-12(11(14)6-9)18-7-10-3-5-13(17)15-10/h2,4,6,8,10,16H,3,5,7H2,1H3,(H,15,17)/t8-,10?/m0/s1. The van der Waals surface area contributed by atoms with Crippen molar-refractivity contribution in [1.29, 1.82) is 0 Å². The lowest BCUT2D eigenvalue weighted by atomic mass is 10.1. The second-order valence-electron chi connectivity index (χ2n) is 4.48. The van der Waals surface area contributed by atoms with Crippen molar-refractivity contribution in [3.8, 4) is 5.75 Å². The molecular weight excluding hydrogens is 237 g/mol. The summed E-state index contributed by atoms with van der Waals surface area (Å²) in [5.74, 6) is -0.355.